The average molecular weight is 462 g/mol. The van der Waals surface area contributed by atoms with E-state index < -0.39 is 0 Å². The van der Waals surface area contributed by atoms with Crippen molar-refractivity contribution >= 4 is 0 Å². The molecule has 0 saturated heterocycles. The predicted molar refractivity (Wildman–Crippen MR) is 152 cm³/mol. The zero-order chi connectivity index (χ0) is 23.5. The highest BCUT2D eigenvalue weighted by atomic mass is 14.2. The second-order valence-corrected chi connectivity index (χ2v) is 11.6. The molecule has 0 atom stereocenters. The Morgan fingerprint density at radius 1 is 0.333 bits per heavy atom. The van der Waals surface area contributed by atoms with Gasteiger partial charge in [-0.25, -0.2) is 0 Å². The molecule has 1 radical (unpaired) electrons. The third-order valence-electron chi connectivity index (χ3n) is 8.34. The first kappa shape index (κ1) is 31.0. The van der Waals surface area contributed by atoms with Gasteiger partial charge in [-0.05, 0) is 5.92 Å². The topological polar surface area (TPSA) is 0 Å². The smallest absolute Gasteiger partial charge is 0.0414 e. The predicted octanol–water partition coefficient (Wildman–Crippen LogP) is 12.5. The van der Waals surface area contributed by atoms with E-state index >= 15 is 0 Å². The first-order valence-electron chi connectivity index (χ1n) is 16.2. The van der Waals surface area contributed by atoms with Crippen molar-refractivity contribution in [1.29, 1.82) is 0 Å². The summed E-state index contributed by atoms with van der Waals surface area (Å²) in [5.74, 6) is 1.10. The van der Waals surface area contributed by atoms with Crippen molar-refractivity contribution in [3.8, 4) is 0 Å². The van der Waals surface area contributed by atoms with Gasteiger partial charge in [-0.15, -0.1) is 0 Å². The summed E-state index contributed by atoms with van der Waals surface area (Å²) < 4.78 is 0. The van der Waals surface area contributed by atoms with Crippen LogP contribution in [0.1, 0.15) is 199 Å². The van der Waals surface area contributed by atoms with Crippen LogP contribution in [-0.2, 0) is 0 Å². The quantitative estimate of drug-likeness (QED) is 0.112. The zero-order valence-electron chi connectivity index (χ0n) is 23.2. The van der Waals surface area contributed by atoms with Gasteiger partial charge in [0, 0.05) is 0 Å². The van der Waals surface area contributed by atoms with Crippen molar-refractivity contribution in [3.63, 3.8) is 0 Å². The van der Waals surface area contributed by atoms with Crippen molar-refractivity contribution in [1.82, 2.24) is 0 Å². The Labute approximate surface area is 211 Å². The molecular formula is C33H65. The van der Waals surface area contributed by atoms with Gasteiger partial charge in [-0.3, -0.25) is 0 Å². The van der Waals surface area contributed by atoms with E-state index in [4.69, 9.17) is 0 Å². The highest BCUT2D eigenvalue weighted by Gasteiger charge is 2.12. The van der Waals surface area contributed by atoms with Crippen LogP contribution in [0.2, 0.25) is 0 Å². The molecule has 0 aliphatic heterocycles. The van der Waals surface area contributed by atoms with Crippen molar-refractivity contribution in [2.45, 2.75) is 199 Å². The van der Waals surface area contributed by atoms with Gasteiger partial charge in [0.2, 0.25) is 0 Å². The van der Waals surface area contributed by atoms with Crippen LogP contribution >= 0.6 is 0 Å². The summed E-state index contributed by atoms with van der Waals surface area (Å²) in [5, 5.41) is 0. The molecule has 1 aliphatic rings. The summed E-state index contributed by atoms with van der Waals surface area (Å²) in [6.45, 7) is 3.92. The molecule has 0 N–H and O–H groups in total. The van der Waals surface area contributed by atoms with E-state index in [0.29, 0.717) is 0 Å². The zero-order valence-corrected chi connectivity index (χ0v) is 23.2. The molecule has 197 valence electrons. The van der Waals surface area contributed by atoms with Crippen LogP contribution < -0.4 is 0 Å². The fourth-order valence-electron chi connectivity index (χ4n) is 5.97. The molecular weight excluding hydrogens is 396 g/mol. The Bertz CT molecular complexity index is 340. The minimum Gasteiger partial charge on any atom is -0.0533 e. The van der Waals surface area contributed by atoms with E-state index in [1.165, 1.54) is 193 Å². The Morgan fingerprint density at radius 2 is 0.606 bits per heavy atom. The van der Waals surface area contributed by atoms with Crippen LogP contribution in [0.15, 0.2) is 0 Å². The van der Waals surface area contributed by atoms with Gasteiger partial charge in [-0.2, -0.15) is 0 Å². The molecule has 0 aromatic heterocycles. The maximum absolute atomic E-state index is 3.92. The highest BCUT2D eigenvalue weighted by Crippen LogP contribution is 2.28. The molecule has 0 heterocycles. The summed E-state index contributed by atoms with van der Waals surface area (Å²) in [6.07, 6.45) is 45.8. The van der Waals surface area contributed by atoms with E-state index in [9.17, 15) is 0 Å². The summed E-state index contributed by atoms with van der Waals surface area (Å²) >= 11 is 0. The second-order valence-electron chi connectivity index (χ2n) is 11.6. The largest absolute Gasteiger partial charge is 0.0533 e. The van der Waals surface area contributed by atoms with Gasteiger partial charge in [0.05, 0.1) is 0 Å². The lowest BCUT2D eigenvalue weighted by molar-refractivity contribution is 0.328. The van der Waals surface area contributed by atoms with E-state index in [1.807, 2.05) is 0 Å². The van der Waals surface area contributed by atoms with Crippen LogP contribution in [0.25, 0.3) is 0 Å². The summed E-state index contributed by atoms with van der Waals surface area (Å²) in [7, 11) is 0. The fourth-order valence-corrected chi connectivity index (χ4v) is 5.97. The first-order valence-corrected chi connectivity index (χ1v) is 16.2. The lowest BCUT2D eigenvalue weighted by atomic mass is 9.85. The monoisotopic (exact) mass is 462 g/mol. The van der Waals surface area contributed by atoms with Gasteiger partial charge in [0.1, 0.15) is 0 Å². The number of hydrogen-bond acceptors (Lipinski definition) is 0. The molecule has 0 aromatic rings. The molecule has 1 rings (SSSR count). The molecule has 1 saturated carbocycles. The van der Waals surface area contributed by atoms with Crippen molar-refractivity contribution in [3.05, 3.63) is 6.92 Å². The van der Waals surface area contributed by atoms with Crippen LogP contribution in [-0.4, -0.2) is 0 Å². The Kier molecular flexibility index (Phi) is 25.0. The van der Waals surface area contributed by atoms with E-state index in [0.717, 1.165) is 12.3 Å². The third-order valence-corrected chi connectivity index (χ3v) is 8.34. The maximum Gasteiger partial charge on any atom is -0.0414 e. The molecule has 33 heavy (non-hydrogen) atoms. The summed E-state index contributed by atoms with van der Waals surface area (Å²) in [6, 6.07) is 0. The molecule has 0 nitrogen and oxygen atoms in total. The van der Waals surface area contributed by atoms with E-state index in [1.54, 1.807) is 0 Å². The Hall–Kier alpha value is 0. The summed E-state index contributed by atoms with van der Waals surface area (Å²) in [4.78, 5) is 0. The standard InChI is InChI=1S/C33H65/c1-2-3-4-5-6-7-8-9-10-11-12-13-14-15-16-17-18-19-20-21-22-23-24-25-27-30-33-31-28-26-29-32-33/h33H,1-32H2. The minimum absolute atomic E-state index is 1.10. The Morgan fingerprint density at radius 3 is 0.909 bits per heavy atom. The lowest BCUT2D eigenvalue weighted by Crippen LogP contribution is -2.05. The van der Waals surface area contributed by atoms with Gasteiger partial charge in [-0.1, -0.05) is 206 Å². The van der Waals surface area contributed by atoms with Crippen LogP contribution in [0.5, 0.6) is 0 Å². The molecule has 0 bridgehead atoms. The molecule has 0 spiro atoms. The van der Waals surface area contributed by atoms with Crippen LogP contribution in [0, 0.1) is 12.8 Å². The first-order chi connectivity index (χ1) is 16.4. The average Bonchev–Trinajstić information content (AvgIpc) is 2.84. The number of unbranched alkanes of at least 4 members (excludes halogenated alkanes) is 24. The molecule has 0 unspecified atom stereocenters. The SMILES string of the molecule is [CH2]CCCCCCCCCCCCCCCCCCCCCCCCCCC1CCCCC1. The van der Waals surface area contributed by atoms with Crippen LogP contribution in [0.3, 0.4) is 0 Å². The minimum atomic E-state index is 1.10. The molecule has 1 fully saturated rings. The van der Waals surface area contributed by atoms with E-state index in [-0.39, 0.29) is 0 Å². The molecule has 0 amide bonds. The van der Waals surface area contributed by atoms with Crippen LogP contribution in [0.4, 0.5) is 0 Å². The normalized spacial score (nSPS) is 14.8. The Balaban J connectivity index is 1.62. The fraction of sp³-hybridized carbons (Fsp3) is 0.970. The maximum atomic E-state index is 3.92. The second kappa shape index (κ2) is 26.6. The molecule has 1 aliphatic carbocycles. The molecule has 0 heteroatoms. The van der Waals surface area contributed by atoms with Crippen molar-refractivity contribution < 1.29 is 0 Å². The summed E-state index contributed by atoms with van der Waals surface area (Å²) in [5.41, 5.74) is 0. The third kappa shape index (κ3) is 23.5. The molecule has 0 aromatic carbocycles. The van der Waals surface area contributed by atoms with Crippen molar-refractivity contribution in [2.24, 2.45) is 5.92 Å². The number of hydrogen-bond donors (Lipinski definition) is 0. The van der Waals surface area contributed by atoms with Crippen molar-refractivity contribution in [2.75, 3.05) is 0 Å². The van der Waals surface area contributed by atoms with E-state index in [2.05, 4.69) is 6.92 Å². The van der Waals surface area contributed by atoms with Gasteiger partial charge >= 0.3 is 0 Å². The van der Waals surface area contributed by atoms with Gasteiger partial charge < -0.3 is 0 Å². The number of rotatable bonds is 26. The highest BCUT2D eigenvalue weighted by molar-refractivity contribution is 4.65. The van der Waals surface area contributed by atoms with Gasteiger partial charge in [0.25, 0.3) is 0 Å². The van der Waals surface area contributed by atoms with Gasteiger partial charge in [0.15, 0.2) is 0 Å². The lowest BCUT2D eigenvalue weighted by Gasteiger charge is -2.21.